The Morgan fingerprint density at radius 1 is 1.04 bits per heavy atom. The summed E-state index contributed by atoms with van der Waals surface area (Å²) in [6.07, 6.45) is 1.36. The Kier molecular flexibility index (Phi) is 8.83. The van der Waals surface area contributed by atoms with Crippen LogP contribution in [0, 0.1) is 0 Å². The molecule has 0 aliphatic carbocycles. The Bertz CT molecular complexity index is 621. The summed E-state index contributed by atoms with van der Waals surface area (Å²) in [7, 11) is 1.97. The molecule has 0 amide bonds. The second kappa shape index (κ2) is 10.3. The molecule has 0 aliphatic rings. The third kappa shape index (κ3) is 4.87. The van der Waals surface area contributed by atoms with E-state index in [2.05, 4.69) is 67.7 Å². The molecule has 0 fully saturated rings. The van der Waals surface area contributed by atoms with E-state index in [1.165, 1.54) is 18.1 Å². The summed E-state index contributed by atoms with van der Waals surface area (Å²) in [6.45, 7) is 5.74. The van der Waals surface area contributed by atoms with Crippen LogP contribution in [0.25, 0.3) is 0 Å². The van der Waals surface area contributed by atoms with E-state index in [1.807, 2.05) is 19.2 Å². The number of carbonyl (C=O) groups is 1. The summed E-state index contributed by atoms with van der Waals surface area (Å²) in [5.41, 5.74) is 1.96. The maximum absolute atomic E-state index is 11.8. The fourth-order valence-corrected chi connectivity index (χ4v) is 3.69. The van der Waals surface area contributed by atoms with Gasteiger partial charge in [0.05, 0.1) is 5.41 Å². The van der Waals surface area contributed by atoms with Crippen molar-refractivity contribution in [3.63, 3.8) is 0 Å². The molecule has 1 N–H and O–H groups in total. The van der Waals surface area contributed by atoms with E-state index in [0.717, 1.165) is 12.8 Å². The van der Waals surface area contributed by atoms with Crippen molar-refractivity contribution < 1.29 is 9.53 Å². The zero-order valence-corrected chi connectivity index (χ0v) is 16.9. The summed E-state index contributed by atoms with van der Waals surface area (Å²) in [5.74, 6) is -0.236. The van der Waals surface area contributed by atoms with E-state index in [-0.39, 0.29) is 30.5 Å². The van der Waals surface area contributed by atoms with Gasteiger partial charge >= 0.3 is 5.97 Å². The van der Waals surface area contributed by atoms with Gasteiger partial charge in [0.15, 0.2) is 0 Å². The molecular formula is C22H30ClNO2. The normalized spacial score (nSPS) is 13.4. The molecular weight excluding hydrogens is 346 g/mol. The monoisotopic (exact) mass is 375 g/mol. The molecule has 142 valence electrons. The fourth-order valence-electron chi connectivity index (χ4n) is 3.69. The molecule has 2 atom stereocenters. The number of halogens is 1. The number of carbonyl (C=O) groups excluding carboxylic acids is 1. The lowest BCUT2D eigenvalue weighted by Crippen LogP contribution is -2.47. The van der Waals surface area contributed by atoms with Crippen LogP contribution in [-0.4, -0.2) is 25.2 Å². The first kappa shape index (κ1) is 22.2. The van der Waals surface area contributed by atoms with Crippen molar-refractivity contribution in [2.24, 2.45) is 0 Å². The number of benzene rings is 2. The van der Waals surface area contributed by atoms with Gasteiger partial charge in [0.25, 0.3) is 0 Å². The molecule has 0 unspecified atom stereocenters. The van der Waals surface area contributed by atoms with Gasteiger partial charge in [0.2, 0.25) is 0 Å². The second-order valence-electron chi connectivity index (χ2n) is 6.60. The summed E-state index contributed by atoms with van der Waals surface area (Å²) in [6, 6.07) is 21.1. The number of ether oxygens (including phenoxy) is 1. The van der Waals surface area contributed by atoms with Crippen LogP contribution in [0.2, 0.25) is 0 Å². The third-order valence-corrected chi connectivity index (χ3v) is 4.93. The van der Waals surface area contributed by atoms with Crippen molar-refractivity contribution in [1.82, 2.24) is 5.32 Å². The van der Waals surface area contributed by atoms with Crippen LogP contribution in [0.15, 0.2) is 60.7 Å². The average Bonchev–Trinajstić information content (AvgIpc) is 2.65. The molecule has 0 saturated heterocycles. The van der Waals surface area contributed by atoms with Gasteiger partial charge in [-0.3, -0.25) is 4.79 Å². The topological polar surface area (TPSA) is 38.3 Å². The predicted molar refractivity (Wildman–Crippen MR) is 110 cm³/mol. The second-order valence-corrected chi connectivity index (χ2v) is 6.60. The van der Waals surface area contributed by atoms with Gasteiger partial charge in [0.1, 0.15) is 6.10 Å². The van der Waals surface area contributed by atoms with Crippen molar-refractivity contribution >= 4 is 18.4 Å². The van der Waals surface area contributed by atoms with E-state index in [4.69, 9.17) is 4.74 Å². The van der Waals surface area contributed by atoms with Crippen molar-refractivity contribution in [2.45, 2.75) is 51.2 Å². The number of hydrogen-bond acceptors (Lipinski definition) is 3. The molecule has 0 bridgehead atoms. The highest BCUT2D eigenvalue weighted by molar-refractivity contribution is 5.85. The Hall–Kier alpha value is -1.84. The standard InChI is InChI=1S/C22H29NO2.ClH/c1-5-21(25-18(3)24)22(16-17(2)23-4,19-12-8-6-9-13-19)20-14-10-7-11-15-20;/h6-15,17,21,23H,5,16H2,1-4H3;1H/t17-,21-;/m0./s1. The Morgan fingerprint density at radius 3 is 1.85 bits per heavy atom. The Morgan fingerprint density at radius 2 is 1.50 bits per heavy atom. The lowest BCUT2D eigenvalue weighted by molar-refractivity contribution is -0.149. The maximum atomic E-state index is 11.8. The molecule has 2 aromatic carbocycles. The largest absolute Gasteiger partial charge is 0.461 e. The molecule has 0 heterocycles. The van der Waals surface area contributed by atoms with Crippen LogP contribution in [0.5, 0.6) is 0 Å². The first-order chi connectivity index (χ1) is 12.0. The highest BCUT2D eigenvalue weighted by atomic mass is 35.5. The predicted octanol–water partition coefficient (Wildman–Crippen LogP) is 4.73. The van der Waals surface area contributed by atoms with Crippen molar-refractivity contribution in [2.75, 3.05) is 7.05 Å². The first-order valence-electron chi connectivity index (χ1n) is 9.00. The number of rotatable bonds is 8. The Labute approximate surface area is 163 Å². The van der Waals surface area contributed by atoms with Crippen LogP contribution in [0.4, 0.5) is 0 Å². The van der Waals surface area contributed by atoms with Gasteiger partial charge in [-0.1, -0.05) is 67.6 Å². The van der Waals surface area contributed by atoms with Gasteiger partial charge in [-0.25, -0.2) is 0 Å². The van der Waals surface area contributed by atoms with Gasteiger partial charge in [-0.15, -0.1) is 12.4 Å². The smallest absolute Gasteiger partial charge is 0.302 e. The van der Waals surface area contributed by atoms with E-state index < -0.39 is 5.41 Å². The van der Waals surface area contributed by atoms with Crippen LogP contribution < -0.4 is 5.32 Å². The van der Waals surface area contributed by atoms with Crippen molar-refractivity contribution in [3.05, 3.63) is 71.8 Å². The fraction of sp³-hybridized carbons (Fsp3) is 0.409. The van der Waals surface area contributed by atoms with Crippen LogP contribution in [0.1, 0.15) is 44.7 Å². The SMILES string of the molecule is CC[C@H](OC(C)=O)C(C[C@H](C)NC)(c1ccccc1)c1ccccc1.Cl. The molecule has 2 aromatic rings. The minimum absolute atomic E-state index is 0. The Balaban J connectivity index is 0.00000338. The van der Waals surface area contributed by atoms with Crippen molar-refractivity contribution in [1.29, 1.82) is 0 Å². The molecule has 2 rings (SSSR count). The van der Waals surface area contributed by atoms with Gasteiger partial charge in [-0.2, -0.15) is 0 Å². The molecule has 4 heteroatoms. The van der Waals surface area contributed by atoms with Gasteiger partial charge < -0.3 is 10.1 Å². The minimum Gasteiger partial charge on any atom is -0.461 e. The number of esters is 1. The molecule has 3 nitrogen and oxygen atoms in total. The lowest BCUT2D eigenvalue weighted by Gasteiger charge is -2.42. The zero-order chi connectivity index (χ0) is 18.3. The van der Waals surface area contributed by atoms with Gasteiger partial charge in [-0.05, 0) is 37.9 Å². The van der Waals surface area contributed by atoms with Crippen molar-refractivity contribution in [3.8, 4) is 0 Å². The minimum atomic E-state index is -0.397. The van der Waals surface area contributed by atoms with E-state index in [0.29, 0.717) is 0 Å². The molecule has 0 aromatic heterocycles. The number of hydrogen-bond donors (Lipinski definition) is 1. The number of nitrogens with one attached hydrogen (secondary N) is 1. The summed E-state index contributed by atoms with van der Waals surface area (Å²) in [5, 5.41) is 3.35. The van der Waals surface area contributed by atoms with Crippen LogP contribution in [-0.2, 0) is 14.9 Å². The van der Waals surface area contributed by atoms with Crippen LogP contribution >= 0.6 is 12.4 Å². The molecule has 0 aliphatic heterocycles. The first-order valence-corrected chi connectivity index (χ1v) is 9.00. The summed E-state index contributed by atoms with van der Waals surface area (Å²) >= 11 is 0. The molecule has 0 radical (unpaired) electrons. The maximum Gasteiger partial charge on any atom is 0.302 e. The van der Waals surface area contributed by atoms with E-state index >= 15 is 0 Å². The highest BCUT2D eigenvalue weighted by Gasteiger charge is 2.44. The average molecular weight is 376 g/mol. The molecule has 0 spiro atoms. The van der Waals surface area contributed by atoms with E-state index in [9.17, 15) is 4.79 Å². The quantitative estimate of drug-likeness (QED) is 0.677. The zero-order valence-electron chi connectivity index (χ0n) is 16.1. The summed E-state index contributed by atoms with van der Waals surface area (Å²) in [4.78, 5) is 11.8. The lowest BCUT2D eigenvalue weighted by atomic mass is 9.66. The molecule has 26 heavy (non-hydrogen) atoms. The summed E-state index contributed by atoms with van der Waals surface area (Å²) < 4.78 is 5.85. The molecule has 0 saturated carbocycles. The van der Waals surface area contributed by atoms with E-state index in [1.54, 1.807) is 0 Å². The highest BCUT2D eigenvalue weighted by Crippen LogP contribution is 2.42. The third-order valence-electron chi connectivity index (χ3n) is 4.93. The van der Waals surface area contributed by atoms with Gasteiger partial charge in [0, 0.05) is 13.0 Å². The van der Waals surface area contributed by atoms with Crippen LogP contribution in [0.3, 0.4) is 0 Å².